The Balaban J connectivity index is 3.30. The summed E-state index contributed by atoms with van der Waals surface area (Å²) in [5, 5.41) is 2.67. The summed E-state index contributed by atoms with van der Waals surface area (Å²) >= 11 is 3.92. The van der Waals surface area contributed by atoms with Gasteiger partial charge in [0.25, 0.3) is 0 Å². The molecule has 0 aliphatic heterocycles. The Morgan fingerprint density at radius 3 is 2.75 bits per heavy atom. The topological polar surface area (TPSA) is 46.2 Å². The first-order valence-electron chi connectivity index (χ1n) is 3.93. The highest BCUT2D eigenvalue weighted by Crippen LogP contribution is 1.84. The zero-order chi connectivity index (χ0) is 9.40. The molecule has 0 radical (unpaired) electrons. The van der Waals surface area contributed by atoms with Gasteiger partial charge in [0.05, 0.1) is 0 Å². The zero-order valence-corrected chi connectivity index (χ0v) is 8.92. The van der Waals surface area contributed by atoms with E-state index in [4.69, 9.17) is 0 Å². The van der Waals surface area contributed by atoms with Crippen LogP contribution in [0, 0.1) is 0 Å². The second-order valence-electron chi connectivity index (χ2n) is 2.26. The summed E-state index contributed by atoms with van der Waals surface area (Å²) in [6.07, 6.45) is 0.432. The molecule has 0 aromatic rings. The Bertz CT molecular complexity index is 161. The fourth-order valence-electron chi connectivity index (χ4n) is 0.639. The molecule has 0 saturated carbocycles. The average Bonchev–Trinajstić information content (AvgIpc) is 2.04. The molecule has 0 rings (SSSR count). The van der Waals surface area contributed by atoms with Gasteiger partial charge in [0, 0.05) is 35.3 Å². The molecule has 0 spiro atoms. The van der Waals surface area contributed by atoms with Crippen molar-refractivity contribution in [2.24, 2.45) is 0 Å². The SMILES string of the molecule is CCS(=O)CCNC(=O)CCS. The quantitative estimate of drug-likeness (QED) is 0.614. The van der Waals surface area contributed by atoms with Gasteiger partial charge in [-0.1, -0.05) is 6.92 Å². The highest BCUT2D eigenvalue weighted by molar-refractivity contribution is 7.84. The predicted molar refractivity (Wildman–Crippen MR) is 55.0 cm³/mol. The molecule has 1 unspecified atom stereocenters. The Labute approximate surface area is 81.2 Å². The highest BCUT2D eigenvalue weighted by Gasteiger charge is 1.99. The van der Waals surface area contributed by atoms with Gasteiger partial charge in [0.1, 0.15) is 0 Å². The van der Waals surface area contributed by atoms with Crippen molar-refractivity contribution in [3.8, 4) is 0 Å². The summed E-state index contributed by atoms with van der Waals surface area (Å²) in [5.41, 5.74) is 0. The van der Waals surface area contributed by atoms with Gasteiger partial charge in [-0.05, 0) is 5.75 Å². The molecule has 0 heterocycles. The number of nitrogens with one attached hydrogen (secondary N) is 1. The molecule has 0 fully saturated rings. The average molecular weight is 209 g/mol. The number of carbonyl (C=O) groups excluding carboxylic acids is 1. The smallest absolute Gasteiger partial charge is 0.220 e. The molecule has 12 heavy (non-hydrogen) atoms. The van der Waals surface area contributed by atoms with E-state index in [0.29, 0.717) is 30.2 Å². The van der Waals surface area contributed by atoms with Gasteiger partial charge in [-0.25, -0.2) is 0 Å². The number of rotatable bonds is 6. The van der Waals surface area contributed by atoms with Gasteiger partial charge in [0.15, 0.2) is 0 Å². The molecular weight excluding hydrogens is 194 g/mol. The lowest BCUT2D eigenvalue weighted by molar-refractivity contribution is -0.120. The van der Waals surface area contributed by atoms with Gasteiger partial charge in [-0.2, -0.15) is 12.6 Å². The van der Waals surface area contributed by atoms with E-state index in [0.717, 1.165) is 0 Å². The van der Waals surface area contributed by atoms with Crippen LogP contribution in [-0.4, -0.2) is 33.9 Å². The lowest BCUT2D eigenvalue weighted by Crippen LogP contribution is -2.27. The monoisotopic (exact) mass is 209 g/mol. The number of carbonyl (C=O) groups is 1. The van der Waals surface area contributed by atoms with Gasteiger partial charge in [-0.3, -0.25) is 9.00 Å². The molecule has 0 saturated heterocycles. The van der Waals surface area contributed by atoms with Gasteiger partial charge >= 0.3 is 0 Å². The molecule has 0 bridgehead atoms. The zero-order valence-electron chi connectivity index (χ0n) is 7.21. The molecular formula is C7H15NO2S2. The first-order valence-corrected chi connectivity index (χ1v) is 6.05. The maximum atomic E-state index is 10.9. The summed E-state index contributed by atoms with van der Waals surface area (Å²) in [7, 11) is -0.781. The van der Waals surface area contributed by atoms with Crippen LogP contribution in [-0.2, 0) is 15.6 Å². The fourth-order valence-corrected chi connectivity index (χ4v) is 1.46. The normalized spacial score (nSPS) is 12.5. The third-order valence-corrected chi connectivity index (χ3v) is 2.84. The van der Waals surface area contributed by atoms with E-state index in [1.54, 1.807) is 0 Å². The van der Waals surface area contributed by atoms with E-state index in [2.05, 4.69) is 17.9 Å². The van der Waals surface area contributed by atoms with Crippen LogP contribution in [0.1, 0.15) is 13.3 Å². The lowest BCUT2D eigenvalue weighted by atomic mass is 10.4. The molecule has 1 N–H and O–H groups in total. The van der Waals surface area contributed by atoms with Crippen molar-refractivity contribution in [3.63, 3.8) is 0 Å². The highest BCUT2D eigenvalue weighted by atomic mass is 32.2. The molecule has 72 valence electrons. The van der Waals surface area contributed by atoms with Crippen molar-refractivity contribution in [1.29, 1.82) is 0 Å². The Hall–Kier alpha value is -0.0300. The molecule has 0 aromatic carbocycles. The van der Waals surface area contributed by atoms with E-state index in [1.165, 1.54) is 0 Å². The molecule has 1 atom stereocenters. The number of hydrogen-bond donors (Lipinski definition) is 2. The number of amides is 1. The number of thiol groups is 1. The van der Waals surface area contributed by atoms with Crippen LogP contribution in [0.2, 0.25) is 0 Å². The third kappa shape index (κ3) is 6.67. The first kappa shape index (κ1) is 12.0. The third-order valence-electron chi connectivity index (χ3n) is 1.31. The van der Waals surface area contributed by atoms with Crippen molar-refractivity contribution in [2.45, 2.75) is 13.3 Å². The minimum Gasteiger partial charge on any atom is -0.355 e. The van der Waals surface area contributed by atoms with E-state index < -0.39 is 10.8 Å². The van der Waals surface area contributed by atoms with E-state index >= 15 is 0 Å². The Morgan fingerprint density at radius 1 is 1.58 bits per heavy atom. The second-order valence-corrected chi connectivity index (χ2v) is 4.57. The summed E-state index contributed by atoms with van der Waals surface area (Å²) in [6.45, 7) is 2.37. The van der Waals surface area contributed by atoms with Crippen LogP contribution >= 0.6 is 12.6 Å². The van der Waals surface area contributed by atoms with Crippen LogP contribution in [0.3, 0.4) is 0 Å². The molecule has 5 heteroatoms. The van der Waals surface area contributed by atoms with Crippen LogP contribution in [0.5, 0.6) is 0 Å². The van der Waals surface area contributed by atoms with Crippen molar-refractivity contribution >= 4 is 29.3 Å². The molecule has 3 nitrogen and oxygen atoms in total. The minimum absolute atomic E-state index is 0.0156. The van der Waals surface area contributed by atoms with Crippen molar-refractivity contribution in [2.75, 3.05) is 23.8 Å². The Morgan fingerprint density at radius 2 is 2.25 bits per heavy atom. The lowest BCUT2D eigenvalue weighted by Gasteiger charge is -2.02. The van der Waals surface area contributed by atoms with Crippen LogP contribution < -0.4 is 5.32 Å². The van der Waals surface area contributed by atoms with Gasteiger partial charge in [0.2, 0.25) is 5.91 Å². The van der Waals surface area contributed by atoms with Crippen LogP contribution in [0.15, 0.2) is 0 Å². The molecule has 0 aliphatic rings. The summed E-state index contributed by atoms with van der Waals surface area (Å²) < 4.78 is 10.9. The maximum Gasteiger partial charge on any atom is 0.220 e. The molecule has 1 amide bonds. The maximum absolute atomic E-state index is 10.9. The molecule has 0 aromatic heterocycles. The fraction of sp³-hybridized carbons (Fsp3) is 0.857. The van der Waals surface area contributed by atoms with Gasteiger partial charge in [-0.15, -0.1) is 0 Å². The van der Waals surface area contributed by atoms with Crippen molar-refractivity contribution in [1.82, 2.24) is 5.32 Å². The molecule has 0 aliphatic carbocycles. The van der Waals surface area contributed by atoms with Crippen molar-refractivity contribution < 1.29 is 9.00 Å². The summed E-state index contributed by atoms with van der Waals surface area (Å²) in [6, 6.07) is 0. The second kappa shape index (κ2) is 7.61. The van der Waals surface area contributed by atoms with Crippen LogP contribution in [0.25, 0.3) is 0 Å². The van der Waals surface area contributed by atoms with Crippen molar-refractivity contribution in [3.05, 3.63) is 0 Å². The summed E-state index contributed by atoms with van der Waals surface area (Å²) in [5.74, 6) is 1.75. The first-order chi connectivity index (χ1) is 5.70. The van der Waals surface area contributed by atoms with E-state index in [-0.39, 0.29) is 5.91 Å². The predicted octanol–water partition coefficient (Wildman–Crippen LogP) is 0.191. The number of hydrogen-bond acceptors (Lipinski definition) is 3. The van der Waals surface area contributed by atoms with Crippen LogP contribution in [0.4, 0.5) is 0 Å². The van der Waals surface area contributed by atoms with E-state index in [9.17, 15) is 9.00 Å². The van der Waals surface area contributed by atoms with Gasteiger partial charge < -0.3 is 5.32 Å². The standard InChI is InChI=1S/C7H15NO2S2/c1-2-12(10)6-4-8-7(9)3-5-11/h11H,2-6H2,1H3,(H,8,9). The largest absolute Gasteiger partial charge is 0.355 e. The Kier molecular flexibility index (Phi) is 7.59. The van der Waals surface area contributed by atoms with E-state index in [1.807, 2.05) is 6.92 Å². The summed E-state index contributed by atoms with van der Waals surface area (Å²) in [4.78, 5) is 10.9. The minimum atomic E-state index is -0.781.